The fourth-order valence-corrected chi connectivity index (χ4v) is 3.20. The van der Waals surface area contributed by atoms with Crippen molar-refractivity contribution in [1.29, 1.82) is 0 Å². The Bertz CT molecular complexity index is 1160. The van der Waals surface area contributed by atoms with Crippen molar-refractivity contribution in [3.63, 3.8) is 0 Å². The molecule has 0 spiro atoms. The van der Waals surface area contributed by atoms with E-state index in [0.717, 1.165) is 10.1 Å². The van der Waals surface area contributed by atoms with E-state index in [1.165, 1.54) is 35.1 Å². The summed E-state index contributed by atoms with van der Waals surface area (Å²) in [5, 5.41) is 2.79. The number of nitrogens with zero attached hydrogens (tertiary/aromatic N) is 4. The van der Waals surface area contributed by atoms with Crippen LogP contribution in [-0.4, -0.2) is 31.1 Å². The topological polar surface area (TPSA) is 117 Å². The highest BCUT2D eigenvalue weighted by atomic mass is 35.5. The molecule has 30 heavy (non-hydrogen) atoms. The van der Waals surface area contributed by atoms with Crippen molar-refractivity contribution in [1.82, 2.24) is 24.0 Å². The third-order valence-electron chi connectivity index (χ3n) is 5.08. The Morgan fingerprint density at radius 1 is 1.10 bits per heavy atom. The molecule has 10 heteroatoms. The van der Waals surface area contributed by atoms with E-state index in [2.05, 4.69) is 24.1 Å². The predicted octanol–water partition coefficient (Wildman–Crippen LogP) is 0.795. The lowest BCUT2D eigenvalue weighted by molar-refractivity contribution is -0.121. The second kappa shape index (κ2) is 9.27. The van der Waals surface area contributed by atoms with Crippen LogP contribution < -0.4 is 22.3 Å². The minimum atomic E-state index is -0.490. The first-order chi connectivity index (χ1) is 13.7. The quantitative estimate of drug-likeness (QED) is 0.595. The smallest absolute Gasteiger partial charge is 0.332 e. The van der Waals surface area contributed by atoms with Crippen LogP contribution >= 0.6 is 12.4 Å². The van der Waals surface area contributed by atoms with Gasteiger partial charge in [-0.05, 0) is 17.0 Å². The summed E-state index contributed by atoms with van der Waals surface area (Å²) in [6, 6.07) is 7.69. The zero-order chi connectivity index (χ0) is 21.3. The van der Waals surface area contributed by atoms with Gasteiger partial charge in [0.2, 0.25) is 5.91 Å². The molecular weight excluding hydrogens is 408 g/mol. The lowest BCUT2D eigenvalue weighted by Crippen LogP contribution is -2.38. The SMILES string of the molecule is CC(C)c1ccc(C(N)CNC(=O)Cn2cnc3c2c(=O)n(C)c(=O)n3C)cc1.Cl. The highest BCUT2D eigenvalue weighted by molar-refractivity contribution is 5.85. The zero-order valence-electron chi connectivity index (χ0n) is 17.5. The Labute approximate surface area is 179 Å². The van der Waals surface area contributed by atoms with Gasteiger partial charge in [0, 0.05) is 26.7 Å². The van der Waals surface area contributed by atoms with Crippen molar-refractivity contribution >= 4 is 29.5 Å². The maximum atomic E-state index is 12.4. The van der Waals surface area contributed by atoms with Crippen LogP contribution in [0.3, 0.4) is 0 Å². The van der Waals surface area contributed by atoms with E-state index in [1.54, 1.807) is 0 Å². The lowest BCUT2D eigenvalue weighted by atomic mass is 9.99. The van der Waals surface area contributed by atoms with Gasteiger partial charge in [-0.1, -0.05) is 38.1 Å². The molecule has 3 rings (SSSR count). The molecule has 0 aliphatic rings. The molecule has 1 atom stereocenters. The molecule has 0 aliphatic carbocycles. The number of nitrogens with two attached hydrogens (primary N) is 1. The molecule has 3 aromatic rings. The number of nitrogens with one attached hydrogen (secondary N) is 1. The van der Waals surface area contributed by atoms with Crippen LogP contribution in [-0.2, 0) is 25.4 Å². The summed E-state index contributed by atoms with van der Waals surface area (Å²) in [6.07, 6.45) is 1.38. The van der Waals surface area contributed by atoms with Crippen molar-refractivity contribution in [2.45, 2.75) is 32.4 Å². The number of aryl methyl sites for hydroxylation is 1. The van der Waals surface area contributed by atoms with Crippen molar-refractivity contribution in [2.75, 3.05) is 6.54 Å². The van der Waals surface area contributed by atoms with Crippen molar-refractivity contribution < 1.29 is 4.79 Å². The molecule has 0 bridgehead atoms. The zero-order valence-corrected chi connectivity index (χ0v) is 18.3. The predicted molar refractivity (Wildman–Crippen MR) is 118 cm³/mol. The number of imidazole rings is 1. The largest absolute Gasteiger partial charge is 0.353 e. The normalized spacial score (nSPS) is 12.1. The van der Waals surface area contributed by atoms with Crippen LogP contribution in [0.4, 0.5) is 0 Å². The van der Waals surface area contributed by atoms with Crippen LogP contribution in [0.1, 0.15) is 36.9 Å². The van der Waals surface area contributed by atoms with Gasteiger partial charge in [0.1, 0.15) is 6.54 Å². The minimum absolute atomic E-state index is 0. The fraction of sp³-hybridized carbons (Fsp3) is 0.400. The van der Waals surface area contributed by atoms with Gasteiger partial charge in [-0.3, -0.25) is 18.7 Å². The number of aromatic nitrogens is 4. The Morgan fingerprint density at radius 3 is 2.30 bits per heavy atom. The third kappa shape index (κ3) is 4.47. The lowest BCUT2D eigenvalue weighted by Gasteiger charge is -2.15. The maximum Gasteiger partial charge on any atom is 0.332 e. The summed E-state index contributed by atoms with van der Waals surface area (Å²) in [7, 11) is 2.93. The molecule has 0 radical (unpaired) electrons. The van der Waals surface area contributed by atoms with Crippen LogP contribution in [0.15, 0.2) is 40.2 Å². The minimum Gasteiger partial charge on any atom is -0.353 e. The number of hydrogen-bond donors (Lipinski definition) is 2. The highest BCUT2D eigenvalue weighted by Gasteiger charge is 2.16. The summed E-state index contributed by atoms with van der Waals surface area (Å²) in [5.74, 6) is 0.145. The maximum absolute atomic E-state index is 12.4. The molecule has 0 saturated heterocycles. The van der Waals surface area contributed by atoms with Crippen molar-refractivity contribution in [3.8, 4) is 0 Å². The van der Waals surface area contributed by atoms with Gasteiger partial charge in [0.05, 0.1) is 6.33 Å². The Balaban J connectivity index is 0.00000320. The second-order valence-electron chi connectivity index (χ2n) is 7.48. The second-order valence-corrected chi connectivity index (χ2v) is 7.48. The average molecular weight is 435 g/mol. The summed E-state index contributed by atoms with van der Waals surface area (Å²) in [4.78, 5) is 40.9. The number of carbonyl (C=O) groups is 1. The number of carbonyl (C=O) groups excluding carboxylic acids is 1. The summed E-state index contributed by atoms with van der Waals surface area (Å²) in [6.45, 7) is 4.42. The Morgan fingerprint density at radius 2 is 1.70 bits per heavy atom. The molecule has 2 heterocycles. The number of fused-ring (bicyclic) bond motifs is 1. The van der Waals surface area contributed by atoms with Gasteiger partial charge >= 0.3 is 5.69 Å². The molecule has 0 saturated carbocycles. The van der Waals surface area contributed by atoms with Gasteiger partial charge in [-0.2, -0.15) is 0 Å². The van der Waals surface area contributed by atoms with E-state index in [0.29, 0.717) is 5.92 Å². The van der Waals surface area contributed by atoms with Crippen molar-refractivity contribution in [2.24, 2.45) is 19.8 Å². The van der Waals surface area contributed by atoms with Gasteiger partial charge in [0.25, 0.3) is 5.56 Å². The molecule has 9 nitrogen and oxygen atoms in total. The molecule has 3 N–H and O–H groups in total. The molecule has 162 valence electrons. The van der Waals surface area contributed by atoms with E-state index < -0.39 is 11.2 Å². The summed E-state index contributed by atoms with van der Waals surface area (Å²) < 4.78 is 3.71. The number of rotatable bonds is 6. The van der Waals surface area contributed by atoms with Gasteiger partial charge in [-0.15, -0.1) is 12.4 Å². The van der Waals surface area contributed by atoms with Crippen LogP contribution in [0.2, 0.25) is 0 Å². The summed E-state index contributed by atoms with van der Waals surface area (Å²) in [5.41, 5.74) is 7.85. The van der Waals surface area contributed by atoms with Crippen LogP contribution in [0.5, 0.6) is 0 Å². The van der Waals surface area contributed by atoms with E-state index in [4.69, 9.17) is 5.73 Å². The highest BCUT2D eigenvalue weighted by Crippen LogP contribution is 2.17. The standard InChI is InChI=1S/C20H26N6O3.ClH/c1-12(2)13-5-7-14(8-6-13)15(21)9-22-16(27)10-26-11-23-18-17(26)19(28)25(4)20(29)24(18)3;/h5-8,11-12,15H,9-10,21H2,1-4H3,(H,22,27);1H. The molecule has 1 unspecified atom stereocenters. The van der Waals surface area contributed by atoms with Crippen molar-refractivity contribution in [3.05, 3.63) is 62.6 Å². The van der Waals surface area contributed by atoms with Gasteiger partial charge in [-0.25, -0.2) is 9.78 Å². The van der Waals surface area contributed by atoms with E-state index in [-0.39, 0.29) is 48.6 Å². The molecule has 0 fully saturated rings. The molecule has 1 aromatic carbocycles. The Hall–Kier alpha value is -2.91. The number of benzene rings is 1. The van der Waals surface area contributed by atoms with Gasteiger partial charge in [0.15, 0.2) is 11.2 Å². The third-order valence-corrected chi connectivity index (χ3v) is 5.08. The monoisotopic (exact) mass is 434 g/mol. The first-order valence-electron chi connectivity index (χ1n) is 9.43. The fourth-order valence-electron chi connectivity index (χ4n) is 3.20. The Kier molecular flexibility index (Phi) is 7.22. The average Bonchev–Trinajstić information content (AvgIpc) is 3.12. The number of hydrogen-bond acceptors (Lipinski definition) is 5. The number of halogens is 1. The molecule has 2 aromatic heterocycles. The van der Waals surface area contributed by atoms with E-state index >= 15 is 0 Å². The van der Waals surface area contributed by atoms with Crippen LogP contribution in [0.25, 0.3) is 11.2 Å². The molecular formula is C20H27ClN6O3. The van der Waals surface area contributed by atoms with E-state index in [1.807, 2.05) is 24.3 Å². The number of amides is 1. The molecule has 1 amide bonds. The first-order valence-corrected chi connectivity index (χ1v) is 9.43. The molecule has 0 aliphatic heterocycles. The van der Waals surface area contributed by atoms with Gasteiger partial charge < -0.3 is 15.6 Å². The first kappa shape index (κ1) is 23.4. The van der Waals surface area contributed by atoms with Crippen LogP contribution in [0, 0.1) is 0 Å². The van der Waals surface area contributed by atoms with E-state index in [9.17, 15) is 14.4 Å². The summed E-state index contributed by atoms with van der Waals surface area (Å²) >= 11 is 0.